The Bertz CT molecular complexity index is 2840. The number of anilines is 3. The summed E-state index contributed by atoms with van der Waals surface area (Å²) in [5.41, 5.74) is 13.6. The first kappa shape index (κ1) is 32.3. The minimum atomic E-state index is 0.869. The molecule has 0 aliphatic heterocycles. The monoisotopic (exact) mass is 701 g/mol. The van der Waals surface area contributed by atoms with Crippen LogP contribution in [0.2, 0.25) is 0 Å². The summed E-state index contributed by atoms with van der Waals surface area (Å²) in [6.07, 6.45) is 0. The fourth-order valence-corrected chi connectivity index (χ4v) is 7.69. The highest BCUT2D eigenvalue weighted by Gasteiger charge is 2.18. The van der Waals surface area contributed by atoms with Gasteiger partial charge in [0.1, 0.15) is 0 Å². The van der Waals surface area contributed by atoms with Crippen molar-refractivity contribution in [2.24, 2.45) is 0 Å². The van der Waals surface area contributed by atoms with Gasteiger partial charge >= 0.3 is 0 Å². The lowest BCUT2D eigenvalue weighted by molar-refractivity contribution is 1.29. The number of hydrogen-bond donors (Lipinski definition) is 0. The number of nitrogens with zero attached hydrogens (tertiary/aromatic N) is 3. The van der Waals surface area contributed by atoms with Crippen LogP contribution in [0.25, 0.3) is 77.3 Å². The molecule has 3 nitrogen and oxygen atoms in total. The standard InChI is InChI=1S/C52H35N3/c1-5-13-36(14-6-1)38-23-29-44(30-24-38)55(45-31-25-39(26-32-45)37-15-7-2-8-16-37)46-33-27-40-21-22-41-28-34-48-52(49(41)47(40)35-46)54-51(43-19-11-4-12-20-43)50(53-48)42-17-9-3-10-18-42/h1-35H. The fraction of sp³-hybridized carbons (Fsp3) is 0. The van der Waals surface area contributed by atoms with E-state index in [9.17, 15) is 0 Å². The van der Waals surface area contributed by atoms with Crippen LogP contribution in [0, 0.1) is 0 Å². The smallest absolute Gasteiger partial charge is 0.0979 e. The van der Waals surface area contributed by atoms with Crippen LogP contribution in [0.3, 0.4) is 0 Å². The van der Waals surface area contributed by atoms with Crippen molar-refractivity contribution >= 4 is 49.6 Å². The van der Waals surface area contributed by atoms with Gasteiger partial charge in [-0.3, -0.25) is 0 Å². The number of benzene rings is 9. The van der Waals surface area contributed by atoms with Gasteiger partial charge in [-0.1, -0.05) is 170 Å². The summed E-state index contributed by atoms with van der Waals surface area (Å²) in [6.45, 7) is 0. The molecule has 10 rings (SSSR count). The first-order chi connectivity index (χ1) is 27.3. The summed E-state index contributed by atoms with van der Waals surface area (Å²) < 4.78 is 0. The van der Waals surface area contributed by atoms with E-state index < -0.39 is 0 Å². The van der Waals surface area contributed by atoms with Gasteiger partial charge < -0.3 is 4.90 Å². The lowest BCUT2D eigenvalue weighted by Gasteiger charge is -2.26. The molecule has 0 aliphatic rings. The van der Waals surface area contributed by atoms with Gasteiger partial charge in [0.25, 0.3) is 0 Å². The molecule has 1 aromatic heterocycles. The van der Waals surface area contributed by atoms with Crippen molar-refractivity contribution in [3.8, 4) is 44.8 Å². The predicted octanol–water partition coefficient (Wildman–Crippen LogP) is 14.1. The van der Waals surface area contributed by atoms with E-state index in [1.807, 2.05) is 12.1 Å². The lowest BCUT2D eigenvalue weighted by Crippen LogP contribution is -2.10. The zero-order chi connectivity index (χ0) is 36.6. The molecule has 1 heterocycles. The van der Waals surface area contributed by atoms with Crippen LogP contribution in [0.4, 0.5) is 17.1 Å². The van der Waals surface area contributed by atoms with Gasteiger partial charge in [0.15, 0.2) is 0 Å². The normalized spacial score (nSPS) is 11.3. The first-order valence-electron chi connectivity index (χ1n) is 18.7. The number of hydrogen-bond acceptors (Lipinski definition) is 3. The molecule has 9 aromatic carbocycles. The third kappa shape index (κ3) is 6.08. The van der Waals surface area contributed by atoms with E-state index in [0.717, 1.165) is 72.2 Å². The summed E-state index contributed by atoms with van der Waals surface area (Å²) in [7, 11) is 0. The Balaban J connectivity index is 1.18. The minimum absolute atomic E-state index is 0.869. The topological polar surface area (TPSA) is 29.0 Å². The van der Waals surface area contributed by atoms with E-state index in [0.29, 0.717) is 0 Å². The highest BCUT2D eigenvalue weighted by molar-refractivity contribution is 6.19. The van der Waals surface area contributed by atoms with E-state index in [-0.39, 0.29) is 0 Å². The molecule has 0 radical (unpaired) electrons. The van der Waals surface area contributed by atoms with Gasteiger partial charge in [-0.05, 0) is 80.9 Å². The average Bonchev–Trinajstić information content (AvgIpc) is 3.27. The zero-order valence-electron chi connectivity index (χ0n) is 30.0. The molecular formula is C52H35N3. The fourth-order valence-electron chi connectivity index (χ4n) is 7.69. The van der Waals surface area contributed by atoms with Gasteiger partial charge in [-0.25, -0.2) is 9.97 Å². The molecule has 3 heteroatoms. The second-order valence-corrected chi connectivity index (χ2v) is 13.8. The quantitative estimate of drug-likeness (QED) is 0.155. The molecule has 0 N–H and O–H groups in total. The highest BCUT2D eigenvalue weighted by Crippen LogP contribution is 2.41. The average molecular weight is 702 g/mol. The Morgan fingerprint density at radius 2 is 0.709 bits per heavy atom. The number of rotatable bonds is 7. The Kier molecular flexibility index (Phi) is 8.16. The molecule has 258 valence electrons. The Morgan fingerprint density at radius 1 is 0.309 bits per heavy atom. The zero-order valence-corrected chi connectivity index (χ0v) is 30.0. The van der Waals surface area contributed by atoms with Crippen molar-refractivity contribution in [2.75, 3.05) is 4.90 Å². The van der Waals surface area contributed by atoms with E-state index in [1.165, 1.54) is 22.3 Å². The summed E-state index contributed by atoms with van der Waals surface area (Å²) in [6, 6.07) is 75.1. The summed E-state index contributed by atoms with van der Waals surface area (Å²) >= 11 is 0. The summed E-state index contributed by atoms with van der Waals surface area (Å²) in [5.74, 6) is 0. The van der Waals surface area contributed by atoms with E-state index >= 15 is 0 Å². The van der Waals surface area contributed by atoms with Crippen molar-refractivity contribution in [1.82, 2.24) is 9.97 Å². The van der Waals surface area contributed by atoms with Crippen molar-refractivity contribution in [3.05, 3.63) is 212 Å². The Labute approximate surface area is 320 Å². The van der Waals surface area contributed by atoms with Gasteiger partial charge in [0.05, 0.1) is 22.4 Å². The lowest BCUT2D eigenvalue weighted by atomic mass is 9.98. The minimum Gasteiger partial charge on any atom is -0.310 e. The Morgan fingerprint density at radius 3 is 1.24 bits per heavy atom. The summed E-state index contributed by atoms with van der Waals surface area (Å²) in [5, 5.41) is 4.51. The molecular weight excluding hydrogens is 667 g/mol. The molecule has 55 heavy (non-hydrogen) atoms. The molecule has 0 saturated carbocycles. The van der Waals surface area contributed by atoms with Crippen LogP contribution in [0.15, 0.2) is 212 Å². The van der Waals surface area contributed by atoms with E-state index in [2.05, 4.69) is 205 Å². The summed E-state index contributed by atoms with van der Waals surface area (Å²) in [4.78, 5) is 13.2. The molecule has 0 fully saturated rings. The molecule has 10 aromatic rings. The van der Waals surface area contributed by atoms with Crippen LogP contribution in [0.5, 0.6) is 0 Å². The number of fused-ring (bicyclic) bond motifs is 5. The van der Waals surface area contributed by atoms with Crippen LogP contribution < -0.4 is 4.90 Å². The molecule has 0 atom stereocenters. The van der Waals surface area contributed by atoms with Crippen LogP contribution in [0.1, 0.15) is 0 Å². The molecule has 0 saturated heterocycles. The molecule has 0 aliphatic carbocycles. The third-order valence-corrected chi connectivity index (χ3v) is 10.4. The SMILES string of the molecule is c1ccc(-c2ccc(N(c3ccc(-c4ccccc4)cc3)c3ccc4ccc5ccc6nc(-c7ccccc7)c(-c7ccccc7)nc6c5c4c3)cc2)cc1. The van der Waals surface area contributed by atoms with Crippen molar-refractivity contribution in [2.45, 2.75) is 0 Å². The maximum Gasteiger partial charge on any atom is 0.0979 e. The molecule has 0 amide bonds. The van der Waals surface area contributed by atoms with Crippen molar-refractivity contribution in [3.63, 3.8) is 0 Å². The van der Waals surface area contributed by atoms with Gasteiger partial charge in [-0.2, -0.15) is 0 Å². The van der Waals surface area contributed by atoms with Gasteiger partial charge in [0, 0.05) is 33.6 Å². The predicted molar refractivity (Wildman–Crippen MR) is 231 cm³/mol. The third-order valence-electron chi connectivity index (χ3n) is 10.4. The van der Waals surface area contributed by atoms with Gasteiger partial charge in [-0.15, -0.1) is 0 Å². The molecule has 0 spiro atoms. The van der Waals surface area contributed by atoms with Crippen LogP contribution in [-0.2, 0) is 0 Å². The Hall–Kier alpha value is -7.36. The van der Waals surface area contributed by atoms with E-state index in [4.69, 9.17) is 9.97 Å². The van der Waals surface area contributed by atoms with E-state index in [1.54, 1.807) is 0 Å². The second kappa shape index (κ2) is 13.9. The van der Waals surface area contributed by atoms with Crippen LogP contribution >= 0.6 is 0 Å². The largest absolute Gasteiger partial charge is 0.310 e. The van der Waals surface area contributed by atoms with Crippen LogP contribution in [-0.4, -0.2) is 9.97 Å². The first-order valence-corrected chi connectivity index (χ1v) is 18.7. The highest BCUT2D eigenvalue weighted by atomic mass is 15.1. The van der Waals surface area contributed by atoms with Gasteiger partial charge in [0.2, 0.25) is 0 Å². The molecule has 0 bridgehead atoms. The maximum absolute atomic E-state index is 5.49. The van der Waals surface area contributed by atoms with Crippen molar-refractivity contribution < 1.29 is 0 Å². The second-order valence-electron chi connectivity index (χ2n) is 13.8. The van der Waals surface area contributed by atoms with Crippen molar-refractivity contribution in [1.29, 1.82) is 0 Å². The maximum atomic E-state index is 5.49. The number of aromatic nitrogens is 2. The molecule has 0 unspecified atom stereocenters.